The van der Waals surface area contributed by atoms with Crippen molar-refractivity contribution in [2.75, 3.05) is 13.7 Å². The highest BCUT2D eigenvalue weighted by molar-refractivity contribution is 5.99. The van der Waals surface area contributed by atoms with Gasteiger partial charge in [-0.1, -0.05) is 17.7 Å². The average molecular weight is 352 g/mol. The zero-order valence-corrected chi connectivity index (χ0v) is 15.0. The van der Waals surface area contributed by atoms with E-state index in [0.29, 0.717) is 22.5 Å². The van der Waals surface area contributed by atoms with Crippen LogP contribution in [0.1, 0.15) is 27.0 Å². The molecule has 26 heavy (non-hydrogen) atoms. The summed E-state index contributed by atoms with van der Waals surface area (Å²) in [7, 11) is 1.58. The fourth-order valence-electron chi connectivity index (χ4n) is 2.79. The summed E-state index contributed by atoms with van der Waals surface area (Å²) in [5.41, 5.74) is 3.79. The van der Waals surface area contributed by atoms with E-state index in [1.54, 1.807) is 19.2 Å². The van der Waals surface area contributed by atoms with Gasteiger partial charge < -0.3 is 13.9 Å². The maximum atomic E-state index is 12.3. The minimum atomic E-state index is -0.470. The Balaban J connectivity index is 1.64. The minimum absolute atomic E-state index is 0.0411. The summed E-state index contributed by atoms with van der Waals surface area (Å²) in [5.74, 6) is 0.00334. The topological polar surface area (TPSA) is 65.7 Å². The van der Waals surface area contributed by atoms with E-state index in [9.17, 15) is 9.59 Å². The number of esters is 1. The molecule has 0 atom stereocenters. The molecule has 0 amide bonds. The summed E-state index contributed by atoms with van der Waals surface area (Å²) in [6.07, 6.45) is 1.57. The van der Waals surface area contributed by atoms with E-state index in [1.165, 1.54) is 6.26 Å². The molecular weight excluding hydrogens is 332 g/mol. The Kier molecular flexibility index (Phi) is 5.07. The molecule has 0 unspecified atom stereocenters. The van der Waals surface area contributed by atoms with Crippen molar-refractivity contribution < 1.29 is 23.5 Å². The van der Waals surface area contributed by atoms with Crippen LogP contribution in [0.5, 0.6) is 5.75 Å². The van der Waals surface area contributed by atoms with E-state index in [-0.39, 0.29) is 18.8 Å². The third-order valence-electron chi connectivity index (χ3n) is 4.26. The number of rotatable bonds is 6. The van der Waals surface area contributed by atoms with Gasteiger partial charge in [-0.15, -0.1) is 0 Å². The smallest absolute Gasteiger partial charge is 0.310 e. The van der Waals surface area contributed by atoms with Crippen LogP contribution < -0.4 is 4.74 Å². The predicted octanol–water partition coefficient (Wildman–Crippen LogP) is 4.03. The normalized spacial score (nSPS) is 10.7. The Labute approximate surface area is 151 Å². The molecule has 0 aliphatic carbocycles. The lowest BCUT2D eigenvalue weighted by Crippen LogP contribution is -2.16. The maximum Gasteiger partial charge on any atom is 0.310 e. The molecule has 0 spiro atoms. The molecule has 0 fully saturated rings. The van der Waals surface area contributed by atoms with E-state index in [0.717, 1.165) is 16.5 Å². The Morgan fingerprint density at radius 1 is 1.08 bits per heavy atom. The number of hydrogen-bond acceptors (Lipinski definition) is 5. The van der Waals surface area contributed by atoms with Gasteiger partial charge in [-0.25, -0.2) is 0 Å². The first-order chi connectivity index (χ1) is 12.5. The second-order valence-corrected chi connectivity index (χ2v) is 6.20. The van der Waals surface area contributed by atoms with Crippen molar-refractivity contribution in [3.05, 3.63) is 64.9 Å². The third-order valence-corrected chi connectivity index (χ3v) is 4.26. The summed E-state index contributed by atoms with van der Waals surface area (Å²) in [6, 6.07) is 11.0. The summed E-state index contributed by atoms with van der Waals surface area (Å²) < 4.78 is 15.8. The van der Waals surface area contributed by atoms with E-state index in [4.69, 9.17) is 13.9 Å². The van der Waals surface area contributed by atoms with Crippen molar-refractivity contribution >= 4 is 22.7 Å². The number of ketones is 1. The van der Waals surface area contributed by atoms with Crippen molar-refractivity contribution in [1.82, 2.24) is 0 Å². The number of aryl methyl sites for hydroxylation is 2. The molecular formula is C21H20O5. The fraction of sp³-hybridized carbons (Fsp3) is 0.238. The van der Waals surface area contributed by atoms with Gasteiger partial charge in [-0.3, -0.25) is 9.59 Å². The molecule has 0 saturated carbocycles. The zero-order valence-electron chi connectivity index (χ0n) is 15.0. The molecule has 0 bridgehead atoms. The molecule has 0 N–H and O–H groups in total. The van der Waals surface area contributed by atoms with E-state index < -0.39 is 5.97 Å². The molecule has 0 radical (unpaired) electrons. The molecule has 0 aliphatic rings. The van der Waals surface area contributed by atoms with Crippen molar-refractivity contribution in [2.45, 2.75) is 20.3 Å². The molecule has 134 valence electrons. The lowest BCUT2D eigenvalue weighted by Gasteiger charge is -2.07. The van der Waals surface area contributed by atoms with Crippen LogP contribution in [0.15, 0.2) is 47.1 Å². The molecule has 1 heterocycles. The van der Waals surface area contributed by atoms with Crippen LogP contribution in [0.4, 0.5) is 0 Å². The van der Waals surface area contributed by atoms with Gasteiger partial charge in [0.2, 0.25) is 5.78 Å². The van der Waals surface area contributed by atoms with Crippen LogP contribution in [0.25, 0.3) is 11.0 Å². The predicted molar refractivity (Wildman–Crippen MR) is 97.7 cm³/mol. The van der Waals surface area contributed by atoms with Crippen LogP contribution in [0.3, 0.4) is 0 Å². The lowest BCUT2D eigenvalue weighted by molar-refractivity contribution is -0.141. The van der Waals surface area contributed by atoms with Gasteiger partial charge >= 0.3 is 5.97 Å². The second kappa shape index (κ2) is 7.44. The largest absolute Gasteiger partial charge is 0.497 e. The van der Waals surface area contributed by atoms with Crippen molar-refractivity contribution in [2.24, 2.45) is 0 Å². The van der Waals surface area contributed by atoms with Crippen molar-refractivity contribution in [3.8, 4) is 5.75 Å². The molecule has 1 aromatic heterocycles. The first kappa shape index (κ1) is 17.7. The molecule has 5 nitrogen and oxygen atoms in total. The molecule has 3 rings (SSSR count). The number of Topliss-reactive ketones (excluding diaryl/α,β-unsaturated/α-hetero) is 1. The quantitative estimate of drug-likeness (QED) is 0.495. The van der Waals surface area contributed by atoms with Crippen LogP contribution in [-0.4, -0.2) is 25.5 Å². The van der Waals surface area contributed by atoms with Crippen LogP contribution in [-0.2, 0) is 16.0 Å². The first-order valence-electron chi connectivity index (χ1n) is 8.28. The average Bonchev–Trinajstić information content (AvgIpc) is 3.03. The highest BCUT2D eigenvalue weighted by atomic mass is 16.5. The number of fused-ring (bicyclic) bond motifs is 1. The van der Waals surface area contributed by atoms with Gasteiger partial charge in [0, 0.05) is 22.6 Å². The Hall–Kier alpha value is -3.08. The van der Waals surface area contributed by atoms with Gasteiger partial charge in [0.25, 0.3) is 0 Å². The number of methoxy groups -OCH3 is 1. The fourth-order valence-corrected chi connectivity index (χ4v) is 2.79. The molecule has 5 heteroatoms. The number of ether oxygens (including phenoxy) is 2. The van der Waals surface area contributed by atoms with Gasteiger partial charge in [-0.05, 0) is 37.6 Å². The number of hydrogen-bond donors (Lipinski definition) is 0. The summed E-state index contributed by atoms with van der Waals surface area (Å²) in [6.45, 7) is 3.51. The van der Waals surface area contributed by atoms with Gasteiger partial charge in [0.1, 0.15) is 11.3 Å². The highest BCUT2D eigenvalue weighted by Gasteiger charge is 2.15. The molecule has 0 aliphatic heterocycles. The number of benzene rings is 2. The van der Waals surface area contributed by atoms with Gasteiger partial charge in [0.05, 0.1) is 19.8 Å². The number of furan rings is 1. The molecule has 2 aromatic carbocycles. The van der Waals surface area contributed by atoms with Crippen LogP contribution in [0.2, 0.25) is 0 Å². The first-order valence-corrected chi connectivity index (χ1v) is 8.28. The standard InChI is InChI=1S/C21H20O5/c1-13-4-5-14(2)18(8-13)19(22)12-26-21(23)9-15-11-25-20-10-16(24-3)6-7-17(15)20/h4-8,10-11H,9,12H2,1-3H3. The van der Waals surface area contributed by atoms with Gasteiger partial charge in [-0.2, -0.15) is 0 Å². The maximum absolute atomic E-state index is 12.3. The highest BCUT2D eigenvalue weighted by Crippen LogP contribution is 2.26. The summed E-state index contributed by atoms with van der Waals surface area (Å²) >= 11 is 0. The van der Waals surface area contributed by atoms with Crippen LogP contribution >= 0.6 is 0 Å². The Bertz CT molecular complexity index is 968. The Morgan fingerprint density at radius 3 is 2.65 bits per heavy atom. The third kappa shape index (κ3) is 3.77. The SMILES string of the molecule is COc1ccc2c(CC(=O)OCC(=O)c3cc(C)ccc3C)coc2c1. The monoisotopic (exact) mass is 352 g/mol. The summed E-state index contributed by atoms with van der Waals surface area (Å²) in [4.78, 5) is 24.4. The Morgan fingerprint density at radius 2 is 1.88 bits per heavy atom. The van der Waals surface area contributed by atoms with Crippen LogP contribution in [0, 0.1) is 13.8 Å². The molecule has 3 aromatic rings. The summed E-state index contributed by atoms with van der Waals surface area (Å²) in [5, 5.41) is 0.823. The zero-order chi connectivity index (χ0) is 18.7. The number of carbonyl (C=O) groups is 2. The van der Waals surface area contributed by atoms with Crippen molar-refractivity contribution in [3.63, 3.8) is 0 Å². The minimum Gasteiger partial charge on any atom is -0.497 e. The van der Waals surface area contributed by atoms with E-state index in [2.05, 4.69) is 0 Å². The molecule has 0 saturated heterocycles. The number of carbonyl (C=O) groups excluding carboxylic acids is 2. The van der Waals surface area contributed by atoms with Crippen molar-refractivity contribution in [1.29, 1.82) is 0 Å². The van der Waals surface area contributed by atoms with Gasteiger partial charge in [0.15, 0.2) is 6.61 Å². The van der Waals surface area contributed by atoms with E-state index in [1.807, 2.05) is 38.1 Å². The lowest BCUT2D eigenvalue weighted by atomic mass is 10.0. The second-order valence-electron chi connectivity index (χ2n) is 6.20. The van der Waals surface area contributed by atoms with E-state index >= 15 is 0 Å².